The number of nitrogens with two attached hydrogens (primary N) is 1. The smallest absolute Gasteiger partial charge is 0.155 e. The summed E-state index contributed by atoms with van der Waals surface area (Å²) in [5.74, 6) is -1.16. The van der Waals surface area contributed by atoms with Gasteiger partial charge >= 0.3 is 0 Å². The summed E-state index contributed by atoms with van der Waals surface area (Å²) in [6, 6.07) is -0.653. The molecular weight excluding hydrogens is 125 g/mol. The molecule has 0 aromatic rings. The maximum Gasteiger partial charge on any atom is 0.155 e. The second kappa shape index (κ2) is 2.31. The Kier molecular flexibility index (Phi) is 1.66. The van der Waals surface area contributed by atoms with E-state index in [9.17, 15) is 14.3 Å². The van der Waals surface area contributed by atoms with Gasteiger partial charge in [0.05, 0.1) is 5.97 Å². The summed E-state index contributed by atoms with van der Waals surface area (Å²) in [5.41, 5.74) is 0. The zero-order valence-corrected chi connectivity index (χ0v) is 4.84. The van der Waals surface area contributed by atoms with E-state index in [0.717, 1.165) is 0 Å². The van der Waals surface area contributed by atoms with Crippen LogP contribution in [0, 0.1) is 0 Å². The van der Waals surface area contributed by atoms with Gasteiger partial charge in [-0.3, -0.25) is 0 Å². The third-order valence-electron chi connectivity index (χ3n) is 1.49. The standard InChI is InChI=1S/C5H8FNO2/c6-3-1-4(5(8)9)7-2-3/h3-4,7H,1-2H2,(H,8,9)/t3-,4+/m0/s1. The van der Waals surface area contributed by atoms with Crippen molar-refractivity contribution in [3.63, 3.8) is 0 Å². The summed E-state index contributed by atoms with van der Waals surface area (Å²) in [5, 5.41) is 11.5. The third kappa shape index (κ3) is 1.38. The molecule has 2 N–H and O–H groups in total. The molecule has 0 aromatic carbocycles. The average molecular weight is 133 g/mol. The summed E-state index contributed by atoms with van der Waals surface area (Å²) < 4.78 is 12.2. The summed E-state index contributed by atoms with van der Waals surface area (Å²) in [4.78, 5) is 10.0. The highest BCUT2D eigenvalue weighted by Crippen LogP contribution is 2.01. The van der Waals surface area contributed by atoms with Gasteiger partial charge in [0.1, 0.15) is 12.6 Å². The highest BCUT2D eigenvalue weighted by atomic mass is 19.1. The summed E-state index contributed by atoms with van der Waals surface area (Å²) >= 11 is 0. The molecular formula is C5H8FNO2. The summed E-state index contributed by atoms with van der Waals surface area (Å²) in [6.45, 7) is 0.263. The fourth-order valence-electron chi connectivity index (χ4n) is 0.972. The van der Waals surface area contributed by atoms with Crippen molar-refractivity contribution < 1.29 is 19.6 Å². The number of halogens is 1. The monoisotopic (exact) mass is 133 g/mol. The molecule has 0 aromatic heterocycles. The molecule has 1 rings (SSSR count). The maximum atomic E-state index is 12.2. The number of carbonyl (C=O) groups is 1. The second-order valence-electron chi connectivity index (χ2n) is 2.23. The molecule has 0 spiro atoms. The van der Waals surface area contributed by atoms with Gasteiger partial charge in [0.2, 0.25) is 0 Å². The van der Waals surface area contributed by atoms with E-state index in [1.807, 2.05) is 0 Å². The Bertz CT molecular complexity index is 128. The van der Waals surface area contributed by atoms with E-state index in [4.69, 9.17) is 0 Å². The van der Waals surface area contributed by atoms with Crippen LogP contribution < -0.4 is 10.4 Å². The molecule has 1 aliphatic rings. The molecule has 1 saturated heterocycles. The SMILES string of the molecule is O=C([O-])[C@H]1C[C@H](F)C[NH2+]1. The van der Waals surface area contributed by atoms with Crippen LogP contribution in [0.2, 0.25) is 0 Å². The Morgan fingerprint density at radius 3 is 2.67 bits per heavy atom. The van der Waals surface area contributed by atoms with Crippen molar-refractivity contribution in [2.45, 2.75) is 18.6 Å². The van der Waals surface area contributed by atoms with Crippen molar-refractivity contribution in [2.75, 3.05) is 6.54 Å². The van der Waals surface area contributed by atoms with Gasteiger partial charge in [0.15, 0.2) is 6.17 Å². The van der Waals surface area contributed by atoms with Gasteiger partial charge in [-0.2, -0.15) is 0 Å². The van der Waals surface area contributed by atoms with Crippen molar-refractivity contribution in [1.29, 1.82) is 0 Å². The van der Waals surface area contributed by atoms with E-state index in [1.165, 1.54) is 5.32 Å². The van der Waals surface area contributed by atoms with Gasteiger partial charge in [0, 0.05) is 6.42 Å². The van der Waals surface area contributed by atoms with Gasteiger partial charge in [-0.1, -0.05) is 0 Å². The minimum absolute atomic E-state index is 0.0995. The van der Waals surface area contributed by atoms with Crippen molar-refractivity contribution in [3.05, 3.63) is 0 Å². The topological polar surface area (TPSA) is 56.7 Å². The summed E-state index contributed by atoms with van der Waals surface area (Å²) in [6.07, 6.45) is -0.865. The largest absolute Gasteiger partial charge is 0.544 e. The third-order valence-corrected chi connectivity index (χ3v) is 1.49. The Hall–Kier alpha value is -0.640. The van der Waals surface area contributed by atoms with E-state index in [0.29, 0.717) is 0 Å². The van der Waals surface area contributed by atoms with Crippen molar-refractivity contribution >= 4 is 5.97 Å². The van der Waals surface area contributed by atoms with Crippen molar-refractivity contribution in [1.82, 2.24) is 0 Å². The Balaban J connectivity index is 2.39. The van der Waals surface area contributed by atoms with Gasteiger partial charge in [0.25, 0.3) is 0 Å². The van der Waals surface area contributed by atoms with Crippen LogP contribution in [0.25, 0.3) is 0 Å². The predicted molar refractivity (Wildman–Crippen MR) is 25.1 cm³/mol. The maximum absolute atomic E-state index is 12.2. The molecule has 0 aliphatic carbocycles. The first-order chi connectivity index (χ1) is 4.20. The van der Waals surface area contributed by atoms with Gasteiger partial charge in [-0.15, -0.1) is 0 Å². The van der Waals surface area contributed by atoms with E-state index in [-0.39, 0.29) is 13.0 Å². The van der Waals surface area contributed by atoms with Crippen LogP contribution in [0.15, 0.2) is 0 Å². The molecule has 9 heavy (non-hydrogen) atoms. The molecule has 1 aliphatic heterocycles. The molecule has 0 amide bonds. The zero-order valence-electron chi connectivity index (χ0n) is 4.84. The Labute approximate surface area is 51.9 Å². The van der Waals surface area contributed by atoms with Crippen LogP contribution in [0.1, 0.15) is 6.42 Å². The minimum Gasteiger partial charge on any atom is -0.544 e. The first-order valence-electron chi connectivity index (χ1n) is 2.88. The fourth-order valence-corrected chi connectivity index (χ4v) is 0.972. The van der Waals surface area contributed by atoms with Crippen LogP contribution in [0.4, 0.5) is 4.39 Å². The molecule has 4 heteroatoms. The van der Waals surface area contributed by atoms with Crippen LogP contribution >= 0.6 is 0 Å². The number of carbonyl (C=O) groups excluding carboxylic acids is 1. The number of hydrogen-bond donors (Lipinski definition) is 1. The van der Waals surface area contributed by atoms with Crippen LogP contribution in [0.5, 0.6) is 0 Å². The normalized spacial score (nSPS) is 34.8. The van der Waals surface area contributed by atoms with E-state index in [1.54, 1.807) is 0 Å². The molecule has 0 bridgehead atoms. The summed E-state index contributed by atoms with van der Waals surface area (Å²) in [7, 11) is 0. The number of carboxylic acids is 1. The lowest BCUT2D eigenvalue weighted by molar-refractivity contribution is -0.665. The van der Waals surface area contributed by atoms with E-state index < -0.39 is 18.2 Å². The molecule has 3 nitrogen and oxygen atoms in total. The quantitative estimate of drug-likeness (QED) is 0.427. The molecule has 0 unspecified atom stereocenters. The highest BCUT2D eigenvalue weighted by molar-refractivity contribution is 5.69. The van der Waals surface area contributed by atoms with Crippen LogP contribution in [-0.2, 0) is 4.79 Å². The zero-order chi connectivity index (χ0) is 6.85. The number of alkyl halides is 1. The van der Waals surface area contributed by atoms with E-state index >= 15 is 0 Å². The highest BCUT2D eigenvalue weighted by Gasteiger charge is 2.28. The molecule has 52 valence electrons. The molecule has 1 heterocycles. The first kappa shape index (κ1) is 6.48. The van der Waals surface area contributed by atoms with Crippen molar-refractivity contribution in [2.24, 2.45) is 0 Å². The van der Waals surface area contributed by atoms with Crippen LogP contribution in [0.3, 0.4) is 0 Å². The van der Waals surface area contributed by atoms with E-state index in [2.05, 4.69) is 0 Å². The number of rotatable bonds is 1. The first-order valence-corrected chi connectivity index (χ1v) is 2.88. The number of aliphatic carboxylic acids is 1. The lowest BCUT2D eigenvalue weighted by atomic mass is 10.2. The van der Waals surface area contributed by atoms with Gasteiger partial charge < -0.3 is 15.2 Å². The molecule has 1 fully saturated rings. The predicted octanol–water partition coefficient (Wildman–Crippen LogP) is -2.59. The van der Waals surface area contributed by atoms with Crippen LogP contribution in [-0.4, -0.2) is 24.7 Å². The van der Waals surface area contributed by atoms with Gasteiger partial charge in [-0.05, 0) is 0 Å². The molecule has 2 atom stereocenters. The lowest BCUT2D eigenvalue weighted by Gasteiger charge is -2.05. The number of quaternary nitrogens is 1. The Morgan fingerprint density at radius 1 is 1.78 bits per heavy atom. The molecule has 0 saturated carbocycles. The minimum atomic E-state index is -1.16. The molecule has 0 radical (unpaired) electrons. The lowest BCUT2D eigenvalue weighted by Crippen LogP contribution is -2.90. The van der Waals surface area contributed by atoms with Gasteiger partial charge in [-0.25, -0.2) is 4.39 Å². The van der Waals surface area contributed by atoms with Crippen molar-refractivity contribution in [3.8, 4) is 0 Å². The Morgan fingerprint density at radius 2 is 2.44 bits per heavy atom. The average Bonchev–Trinajstić information content (AvgIpc) is 2.14. The number of carboxylic acid groups (broad SMARTS) is 1. The second-order valence-corrected chi connectivity index (χ2v) is 2.23. The fraction of sp³-hybridized carbons (Fsp3) is 0.800. The number of hydrogen-bond acceptors (Lipinski definition) is 2.